The van der Waals surface area contributed by atoms with Crippen LogP contribution in [0.1, 0.15) is 20.9 Å². The number of rotatable bonds is 2. The van der Waals surface area contributed by atoms with Crippen molar-refractivity contribution in [2.24, 2.45) is 0 Å². The van der Waals surface area contributed by atoms with Gasteiger partial charge in [-0.1, -0.05) is 23.1 Å². The van der Waals surface area contributed by atoms with Crippen LogP contribution in [-0.2, 0) is 20.1 Å². The third-order valence-corrected chi connectivity index (χ3v) is 7.24. The molecule has 0 N–H and O–H groups in total. The summed E-state index contributed by atoms with van der Waals surface area (Å²) in [7, 11) is 0. The Kier molecular flexibility index (Phi) is 6.43. The van der Waals surface area contributed by atoms with Gasteiger partial charge in [-0.05, 0) is 66.5 Å². The monoisotopic (exact) mass is 693 g/mol. The number of pyridine rings is 3. The average Bonchev–Trinajstić information content (AvgIpc) is 3.54. The van der Waals surface area contributed by atoms with E-state index in [1.165, 1.54) is 17.2 Å². The number of nitrogens with zero attached hydrogens (tertiary/aromatic N) is 3. The van der Waals surface area contributed by atoms with Crippen molar-refractivity contribution in [1.29, 1.82) is 0 Å². The predicted octanol–water partition coefficient (Wildman–Crippen LogP) is 8.53. The molecule has 38 heavy (non-hydrogen) atoms. The molecule has 5 heterocycles. The molecule has 7 aromatic rings. The van der Waals surface area contributed by atoms with Gasteiger partial charge in [0.15, 0.2) is 0 Å². The molecule has 0 aliphatic heterocycles. The fourth-order valence-electron chi connectivity index (χ4n) is 4.24. The smallest absolute Gasteiger partial charge is 0.216 e. The maximum absolute atomic E-state index is 7.57. The van der Waals surface area contributed by atoms with Crippen molar-refractivity contribution >= 4 is 43.5 Å². The molecule has 7 rings (SSSR count). The van der Waals surface area contributed by atoms with Gasteiger partial charge in [-0.25, -0.2) is 4.98 Å². The summed E-state index contributed by atoms with van der Waals surface area (Å²) in [4.78, 5) is 13.1. The zero-order valence-electron chi connectivity index (χ0n) is 23.6. The van der Waals surface area contributed by atoms with Crippen molar-refractivity contribution < 1.29 is 28.6 Å². The van der Waals surface area contributed by atoms with Gasteiger partial charge in [0, 0.05) is 58.1 Å². The number of hydrogen-bond acceptors (Lipinski definition) is 5. The summed E-state index contributed by atoms with van der Waals surface area (Å²) in [6.07, 6.45) is 3.66. The number of aryl methyl sites for hydroxylation is 3. The van der Waals surface area contributed by atoms with Crippen molar-refractivity contribution in [3.05, 3.63) is 113 Å². The minimum atomic E-state index is -2.27. The molecule has 6 heteroatoms. The van der Waals surface area contributed by atoms with E-state index in [9.17, 15) is 0 Å². The van der Waals surface area contributed by atoms with E-state index >= 15 is 0 Å². The van der Waals surface area contributed by atoms with E-state index in [0.717, 1.165) is 43.4 Å². The Morgan fingerprint density at radius 2 is 1.82 bits per heavy atom. The topological polar surface area (TPSA) is 51.8 Å². The van der Waals surface area contributed by atoms with Crippen molar-refractivity contribution in [1.82, 2.24) is 15.0 Å². The summed E-state index contributed by atoms with van der Waals surface area (Å²) >= 11 is 1.64. The van der Waals surface area contributed by atoms with E-state index in [4.69, 9.17) is 8.53 Å². The number of thiophene rings is 1. The maximum Gasteiger partial charge on any atom is 0.216 e. The molecular formula is C32H23IrN3OS-2. The number of benzene rings is 2. The molecule has 0 amide bonds. The second kappa shape index (κ2) is 11.0. The molecule has 4 nitrogen and oxygen atoms in total. The van der Waals surface area contributed by atoms with Crippen LogP contribution in [0.3, 0.4) is 0 Å². The molecule has 2 aromatic carbocycles. The minimum Gasteiger partial charge on any atom is -0.486 e. The molecule has 0 saturated carbocycles. The molecule has 5 aromatic heterocycles. The van der Waals surface area contributed by atoms with Crippen LogP contribution >= 0.6 is 11.3 Å². The molecule has 0 spiro atoms. The SMILES string of the molecule is Cc1ccc(-c2[c-]cccc2)nc1.[2H]C([2H])([2H])c1ccc2c(n1)oc1c(-c3nccc4c(C)csc34)[c-]ccc12.[Ir]. The third kappa shape index (κ3) is 4.91. The molecule has 0 bridgehead atoms. The number of hydrogen-bond donors (Lipinski definition) is 0. The Labute approximate surface area is 243 Å². The Hall–Kier alpha value is -3.70. The standard InChI is InChI=1S/C20H13N2OS.C12H10N.Ir/c1-11-10-24-19-13(11)8-9-21-17(19)16-5-3-4-14-15-7-6-12(2)22-20(15)23-18(14)16;1-10-7-8-12(13-9-10)11-5-3-2-4-6-11;/h3-4,6-10H,1-2H3;2-5,7-9H,1H3;/q2*-1;/i2D3;;. The Balaban J connectivity index is 0.000000204. The molecule has 0 saturated heterocycles. The van der Waals surface area contributed by atoms with Gasteiger partial charge in [0.05, 0.1) is 5.58 Å². The number of fused-ring (bicyclic) bond motifs is 4. The average molecular weight is 693 g/mol. The molecule has 189 valence electrons. The molecule has 1 radical (unpaired) electrons. The van der Waals surface area contributed by atoms with Crippen LogP contribution in [0.2, 0.25) is 0 Å². The van der Waals surface area contributed by atoms with Gasteiger partial charge >= 0.3 is 0 Å². The largest absolute Gasteiger partial charge is 0.486 e. The summed E-state index contributed by atoms with van der Waals surface area (Å²) in [6.45, 7) is 1.84. The first-order valence-electron chi connectivity index (χ1n) is 13.3. The van der Waals surface area contributed by atoms with E-state index in [-0.39, 0.29) is 25.8 Å². The minimum absolute atomic E-state index is 0. The first kappa shape index (κ1) is 22.3. The van der Waals surface area contributed by atoms with Gasteiger partial charge in [0.25, 0.3) is 0 Å². The van der Waals surface area contributed by atoms with Crippen LogP contribution in [0.15, 0.2) is 88.9 Å². The molecule has 0 atom stereocenters. The van der Waals surface area contributed by atoms with E-state index < -0.39 is 6.85 Å². The fraction of sp³-hybridized carbons (Fsp3) is 0.0938. The van der Waals surface area contributed by atoms with Crippen molar-refractivity contribution in [2.75, 3.05) is 0 Å². The summed E-state index contributed by atoms with van der Waals surface area (Å²) in [6, 6.07) is 27.4. The Morgan fingerprint density at radius 1 is 0.895 bits per heavy atom. The Morgan fingerprint density at radius 3 is 2.61 bits per heavy atom. The van der Waals surface area contributed by atoms with Crippen molar-refractivity contribution in [3.63, 3.8) is 0 Å². The van der Waals surface area contributed by atoms with Crippen molar-refractivity contribution in [2.45, 2.75) is 20.7 Å². The van der Waals surface area contributed by atoms with Crippen LogP contribution < -0.4 is 0 Å². The summed E-state index contributed by atoms with van der Waals surface area (Å²) in [5, 5.41) is 4.92. The van der Waals surface area contributed by atoms with E-state index in [1.54, 1.807) is 23.6 Å². The number of furan rings is 1. The van der Waals surface area contributed by atoms with Gasteiger partial charge in [0.1, 0.15) is 0 Å². The van der Waals surface area contributed by atoms with E-state index in [0.29, 0.717) is 11.3 Å². The molecular weight excluding hydrogens is 667 g/mol. The summed E-state index contributed by atoms with van der Waals surface area (Å²) < 4.78 is 29.8. The summed E-state index contributed by atoms with van der Waals surface area (Å²) in [5.41, 5.74) is 6.93. The second-order valence-electron chi connectivity index (χ2n) is 8.70. The summed E-state index contributed by atoms with van der Waals surface area (Å²) in [5.74, 6) is 0. The van der Waals surface area contributed by atoms with Gasteiger partial charge in [-0.3, -0.25) is 0 Å². The predicted molar refractivity (Wildman–Crippen MR) is 152 cm³/mol. The van der Waals surface area contributed by atoms with Gasteiger partial charge < -0.3 is 14.4 Å². The normalized spacial score (nSPS) is 12.3. The second-order valence-corrected chi connectivity index (χ2v) is 9.58. The molecule has 0 fully saturated rings. The first-order valence-corrected chi connectivity index (χ1v) is 12.6. The van der Waals surface area contributed by atoms with Crippen LogP contribution in [0.4, 0.5) is 0 Å². The number of aromatic nitrogens is 3. The first-order chi connectivity index (χ1) is 19.3. The quantitative estimate of drug-likeness (QED) is 0.171. The maximum atomic E-state index is 7.57. The Bertz CT molecular complexity index is 1970. The van der Waals surface area contributed by atoms with Gasteiger partial charge in [-0.15, -0.1) is 54.1 Å². The molecule has 0 unspecified atom stereocenters. The van der Waals surface area contributed by atoms with Crippen LogP contribution in [-0.4, -0.2) is 15.0 Å². The molecule has 0 aliphatic rings. The zero-order chi connectivity index (χ0) is 27.9. The van der Waals surface area contributed by atoms with Crippen LogP contribution in [0, 0.1) is 32.8 Å². The third-order valence-electron chi connectivity index (χ3n) is 6.11. The van der Waals surface area contributed by atoms with Gasteiger partial charge in [-0.2, -0.15) is 11.3 Å². The fourth-order valence-corrected chi connectivity index (χ4v) is 5.29. The van der Waals surface area contributed by atoms with E-state index in [2.05, 4.69) is 45.5 Å². The molecule has 0 aliphatic carbocycles. The van der Waals surface area contributed by atoms with Gasteiger partial charge in [0.2, 0.25) is 5.71 Å². The van der Waals surface area contributed by atoms with Crippen LogP contribution in [0.25, 0.3) is 54.7 Å². The van der Waals surface area contributed by atoms with Crippen LogP contribution in [0.5, 0.6) is 0 Å². The zero-order valence-corrected chi connectivity index (χ0v) is 23.8. The van der Waals surface area contributed by atoms with E-state index in [1.807, 2.05) is 61.7 Å². The van der Waals surface area contributed by atoms with Crippen molar-refractivity contribution in [3.8, 4) is 22.5 Å².